The molecule has 0 amide bonds. The van der Waals surface area contributed by atoms with Crippen molar-refractivity contribution < 1.29 is 33.5 Å². The molecule has 0 aliphatic rings. The van der Waals surface area contributed by atoms with Crippen LogP contribution in [0.3, 0.4) is 0 Å². The van der Waals surface area contributed by atoms with E-state index in [2.05, 4.69) is 6.58 Å². The standard InChI is InChI=1S/C6H10O7P2/c1-4(7)3-6(15(11,12)13)5(2)14(8,9)10/h3H,2H2,1H3,(H2,8,9,10)(H2,11,12,13). The van der Waals surface area contributed by atoms with Gasteiger partial charge in [0.2, 0.25) is 0 Å². The van der Waals surface area contributed by atoms with Gasteiger partial charge in [-0.05, 0) is 13.0 Å². The summed E-state index contributed by atoms with van der Waals surface area (Å²) in [5, 5.41) is -2.09. The van der Waals surface area contributed by atoms with Gasteiger partial charge in [-0.3, -0.25) is 13.9 Å². The van der Waals surface area contributed by atoms with Crippen molar-refractivity contribution in [2.24, 2.45) is 0 Å². The van der Waals surface area contributed by atoms with Gasteiger partial charge in [-0.15, -0.1) is 0 Å². The Morgan fingerprint density at radius 3 is 1.73 bits per heavy atom. The smallest absolute Gasteiger partial charge is 0.321 e. The second-order valence-corrected chi connectivity index (χ2v) is 5.87. The first kappa shape index (κ1) is 14.5. The van der Waals surface area contributed by atoms with E-state index in [4.69, 9.17) is 19.6 Å². The molecule has 7 nitrogen and oxygen atoms in total. The maximum atomic E-state index is 10.8. The Kier molecular flexibility index (Phi) is 4.36. The lowest BCUT2D eigenvalue weighted by molar-refractivity contribution is -0.112. The molecule has 0 radical (unpaired) electrons. The van der Waals surface area contributed by atoms with Gasteiger partial charge < -0.3 is 19.6 Å². The maximum absolute atomic E-state index is 10.8. The van der Waals surface area contributed by atoms with E-state index in [9.17, 15) is 13.9 Å². The van der Waals surface area contributed by atoms with Gasteiger partial charge in [0.15, 0.2) is 5.78 Å². The van der Waals surface area contributed by atoms with E-state index in [0.717, 1.165) is 6.92 Å². The van der Waals surface area contributed by atoms with E-state index in [1.165, 1.54) is 0 Å². The number of hydrogen-bond acceptors (Lipinski definition) is 3. The number of carbonyl (C=O) groups is 1. The van der Waals surface area contributed by atoms with E-state index >= 15 is 0 Å². The quantitative estimate of drug-likeness (QED) is 0.323. The minimum absolute atomic E-state index is 0.461. The second-order valence-electron chi connectivity index (χ2n) is 2.67. The molecule has 0 rings (SSSR count). The first-order valence-corrected chi connectivity index (χ1v) is 6.72. The Morgan fingerprint density at radius 1 is 1.13 bits per heavy atom. The molecule has 0 unspecified atom stereocenters. The van der Waals surface area contributed by atoms with Crippen LogP contribution in [0.5, 0.6) is 0 Å². The Morgan fingerprint density at radius 2 is 1.53 bits per heavy atom. The number of ketones is 1. The van der Waals surface area contributed by atoms with Crippen LogP contribution >= 0.6 is 15.2 Å². The summed E-state index contributed by atoms with van der Waals surface area (Å²) < 4.78 is 21.5. The zero-order valence-corrected chi connectivity index (χ0v) is 9.48. The number of hydrogen-bond donors (Lipinski definition) is 4. The minimum Gasteiger partial charge on any atom is -0.321 e. The highest BCUT2D eigenvalue weighted by molar-refractivity contribution is 7.63. The van der Waals surface area contributed by atoms with Crippen molar-refractivity contribution >= 4 is 21.0 Å². The summed E-state index contributed by atoms with van der Waals surface area (Å²) >= 11 is 0. The van der Waals surface area contributed by atoms with Crippen molar-refractivity contribution in [1.82, 2.24) is 0 Å². The lowest BCUT2D eigenvalue weighted by atomic mass is 10.4. The Balaban J connectivity index is 5.56. The van der Waals surface area contributed by atoms with Gasteiger partial charge in [-0.2, -0.15) is 0 Å². The third-order valence-corrected chi connectivity index (χ3v) is 3.45. The van der Waals surface area contributed by atoms with Crippen molar-refractivity contribution in [3.63, 3.8) is 0 Å². The number of carbonyl (C=O) groups excluding carboxylic acids is 1. The van der Waals surface area contributed by atoms with Gasteiger partial charge in [0.1, 0.15) is 0 Å². The van der Waals surface area contributed by atoms with Gasteiger partial charge in [0, 0.05) is 0 Å². The summed E-state index contributed by atoms with van der Waals surface area (Å²) in [6.45, 7) is 3.86. The molecule has 0 saturated carbocycles. The highest BCUT2D eigenvalue weighted by Gasteiger charge is 2.33. The van der Waals surface area contributed by atoms with Gasteiger partial charge in [0.05, 0.1) is 10.6 Å². The van der Waals surface area contributed by atoms with E-state index in [0.29, 0.717) is 6.08 Å². The fourth-order valence-electron chi connectivity index (χ4n) is 0.677. The molecule has 0 fully saturated rings. The molecule has 0 aliphatic carbocycles. The molecule has 0 aromatic carbocycles. The highest BCUT2D eigenvalue weighted by atomic mass is 31.2. The molecule has 0 aromatic rings. The van der Waals surface area contributed by atoms with Crippen LogP contribution in [-0.2, 0) is 13.9 Å². The SMILES string of the molecule is C=C(C(=CC(C)=O)P(=O)(O)O)P(=O)(O)O. The third-order valence-electron chi connectivity index (χ3n) is 1.30. The normalized spacial score (nSPS) is 13.8. The summed E-state index contributed by atoms with van der Waals surface area (Å²) in [7, 11) is -9.81. The molecule has 0 aromatic heterocycles. The molecule has 86 valence electrons. The van der Waals surface area contributed by atoms with Crippen LogP contribution in [0, 0.1) is 0 Å². The van der Waals surface area contributed by atoms with Crippen molar-refractivity contribution in [1.29, 1.82) is 0 Å². The maximum Gasteiger partial charge on any atom is 0.357 e. The van der Waals surface area contributed by atoms with E-state index in [-0.39, 0.29) is 0 Å². The van der Waals surface area contributed by atoms with Gasteiger partial charge in [0.25, 0.3) is 0 Å². The van der Waals surface area contributed by atoms with Crippen LogP contribution in [0.25, 0.3) is 0 Å². The average molecular weight is 256 g/mol. The molecule has 0 bridgehead atoms. The zero-order chi connectivity index (χ0) is 12.4. The van der Waals surface area contributed by atoms with E-state index in [1.807, 2.05) is 0 Å². The van der Waals surface area contributed by atoms with Crippen LogP contribution in [0.15, 0.2) is 23.3 Å². The molecule has 0 atom stereocenters. The molecular weight excluding hydrogens is 246 g/mol. The van der Waals surface area contributed by atoms with Crippen molar-refractivity contribution in [3.05, 3.63) is 23.3 Å². The summed E-state index contributed by atoms with van der Waals surface area (Å²) in [6, 6.07) is 0. The average Bonchev–Trinajstić information content (AvgIpc) is 1.94. The molecule has 4 N–H and O–H groups in total. The van der Waals surface area contributed by atoms with E-state index < -0.39 is 31.6 Å². The highest BCUT2D eigenvalue weighted by Crippen LogP contribution is 2.59. The fraction of sp³-hybridized carbons (Fsp3) is 0.167. The molecule has 0 spiro atoms. The largest absolute Gasteiger partial charge is 0.357 e. The molecule has 0 aliphatic heterocycles. The van der Waals surface area contributed by atoms with Gasteiger partial charge in [-0.1, -0.05) is 6.58 Å². The van der Waals surface area contributed by atoms with E-state index in [1.54, 1.807) is 0 Å². The van der Waals surface area contributed by atoms with Gasteiger partial charge in [-0.25, -0.2) is 0 Å². The summed E-state index contributed by atoms with van der Waals surface area (Å²) in [6.07, 6.45) is 0.461. The van der Waals surface area contributed by atoms with Crippen LogP contribution in [-0.4, -0.2) is 25.4 Å². The summed E-state index contributed by atoms with van der Waals surface area (Å²) in [4.78, 5) is 45.4. The lowest BCUT2D eigenvalue weighted by Crippen LogP contribution is -1.96. The Labute approximate surface area is 85.4 Å². The summed E-state index contributed by atoms with van der Waals surface area (Å²) in [5.74, 6) is -0.747. The first-order valence-electron chi connectivity index (χ1n) is 3.50. The van der Waals surface area contributed by atoms with Crippen molar-refractivity contribution in [2.45, 2.75) is 6.92 Å². The minimum atomic E-state index is -4.93. The lowest BCUT2D eigenvalue weighted by Gasteiger charge is -2.12. The van der Waals surface area contributed by atoms with Crippen LogP contribution in [0.1, 0.15) is 6.92 Å². The third kappa shape index (κ3) is 4.66. The molecule has 15 heavy (non-hydrogen) atoms. The number of allylic oxidation sites excluding steroid dienone is 3. The fourth-order valence-corrected chi connectivity index (χ4v) is 2.51. The Bertz CT molecular complexity index is 409. The Hall–Kier alpha value is -0.550. The second kappa shape index (κ2) is 4.53. The van der Waals surface area contributed by atoms with Gasteiger partial charge >= 0.3 is 15.2 Å². The molecule has 0 heterocycles. The van der Waals surface area contributed by atoms with Crippen LogP contribution in [0.2, 0.25) is 0 Å². The predicted octanol–water partition coefficient (Wildman–Crippen LogP) is 0.328. The number of rotatable bonds is 4. The molecular formula is C6H10O7P2. The molecule has 9 heteroatoms. The predicted molar refractivity (Wildman–Crippen MR) is 52.0 cm³/mol. The zero-order valence-electron chi connectivity index (χ0n) is 7.69. The monoisotopic (exact) mass is 256 g/mol. The van der Waals surface area contributed by atoms with Crippen LogP contribution in [0.4, 0.5) is 0 Å². The summed E-state index contributed by atoms with van der Waals surface area (Å²) in [5.41, 5.74) is 0. The van der Waals surface area contributed by atoms with Crippen molar-refractivity contribution in [3.8, 4) is 0 Å². The first-order chi connectivity index (χ1) is 6.46. The molecule has 0 saturated heterocycles. The van der Waals surface area contributed by atoms with Crippen molar-refractivity contribution in [2.75, 3.05) is 0 Å². The topological polar surface area (TPSA) is 132 Å². The van der Waals surface area contributed by atoms with Crippen LogP contribution < -0.4 is 0 Å².